The molecule has 0 amide bonds. The summed E-state index contributed by atoms with van der Waals surface area (Å²) in [6.07, 6.45) is 7.03. The summed E-state index contributed by atoms with van der Waals surface area (Å²) in [7, 11) is 1.51. The minimum absolute atomic E-state index is 0.356. The minimum atomic E-state index is 0.356. The van der Waals surface area contributed by atoms with Crippen LogP contribution in [0.15, 0.2) is 6.20 Å². The number of nitrogens with zero attached hydrogens (tertiary/aromatic N) is 2. The number of hydrogen-bond acceptors (Lipinski definition) is 4. The van der Waals surface area contributed by atoms with E-state index in [1.54, 1.807) is 6.20 Å². The van der Waals surface area contributed by atoms with Gasteiger partial charge in [-0.05, 0) is 12.8 Å². The standard InChI is InChI=1S/C11H14N2O2/c1-15-10-6-12-11(13-9(10)7-14)8-4-2-3-5-8/h6-8H,2-5H2,1H3. The second-order valence-electron chi connectivity index (χ2n) is 3.78. The number of ether oxygens (including phenoxy) is 1. The highest BCUT2D eigenvalue weighted by Crippen LogP contribution is 2.32. The van der Waals surface area contributed by atoms with Gasteiger partial charge in [0.05, 0.1) is 13.3 Å². The predicted molar refractivity (Wildman–Crippen MR) is 55.2 cm³/mol. The number of aromatic nitrogens is 2. The first kappa shape index (κ1) is 10.1. The number of rotatable bonds is 3. The number of carbonyl (C=O) groups is 1. The van der Waals surface area contributed by atoms with Crippen LogP contribution in [0.1, 0.15) is 47.9 Å². The zero-order valence-corrected chi connectivity index (χ0v) is 8.77. The van der Waals surface area contributed by atoms with Crippen LogP contribution >= 0.6 is 0 Å². The molecule has 1 heterocycles. The monoisotopic (exact) mass is 206 g/mol. The van der Waals surface area contributed by atoms with E-state index in [1.807, 2.05) is 0 Å². The van der Waals surface area contributed by atoms with Crippen LogP contribution in [0.5, 0.6) is 5.75 Å². The highest BCUT2D eigenvalue weighted by molar-refractivity contribution is 5.75. The minimum Gasteiger partial charge on any atom is -0.493 e. The predicted octanol–water partition coefficient (Wildman–Crippen LogP) is 1.96. The van der Waals surface area contributed by atoms with E-state index in [1.165, 1.54) is 20.0 Å². The van der Waals surface area contributed by atoms with Gasteiger partial charge in [-0.15, -0.1) is 0 Å². The molecule has 0 saturated heterocycles. The molecule has 4 nitrogen and oxygen atoms in total. The van der Waals surface area contributed by atoms with Gasteiger partial charge in [0.1, 0.15) is 11.5 Å². The molecule has 1 fully saturated rings. The van der Waals surface area contributed by atoms with Gasteiger partial charge < -0.3 is 4.74 Å². The van der Waals surface area contributed by atoms with Crippen molar-refractivity contribution in [2.24, 2.45) is 0 Å². The van der Waals surface area contributed by atoms with Gasteiger partial charge in [0.2, 0.25) is 0 Å². The van der Waals surface area contributed by atoms with Crippen molar-refractivity contribution in [2.45, 2.75) is 31.6 Å². The summed E-state index contributed by atoms with van der Waals surface area (Å²) in [6.45, 7) is 0. The summed E-state index contributed by atoms with van der Waals surface area (Å²) < 4.78 is 5.00. The van der Waals surface area contributed by atoms with Crippen LogP contribution in [-0.4, -0.2) is 23.4 Å². The Hall–Kier alpha value is -1.45. The average Bonchev–Trinajstić information content (AvgIpc) is 2.81. The second kappa shape index (κ2) is 4.38. The smallest absolute Gasteiger partial charge is 0.172 e. The van der Waals surface area contributed by atoms with E-state index in [-0.39, 0.29) is 0 Å². The Kier molecular flexibility index (Phi) is 2.94. The highest BCUT2D eigenvalue weighted by Gasteiger charge is 2.20. The molecule has 0 bridgehead atoms. The first-order valence-corrected chi connectivity index (χ1v) is 5.21. The highest BCUT2D eigenvalue weighted by atomic mass is 16.5. The quantitative estimate of drug-likeness (QED) is 0.709. The van der Waals surface area contributed by atoms with Crippen LogP contribution in [0, 0.1) is 0 Å². The first-order valence-electron chi connectivity index (χ1n) is 5.21. The lowest BCUT2D eigenvalue weighted by Crippen LogP contribution is -2.04. The third-order valence-electron chi connectivity index (χ3n) is 2.85. The molecule has 1 saturated carbocycles. The van der Waals surface area contributed by atoms with Crippen molar-refractivity contribution in [1.82, 2.24) is 9.97 Å². The Morgan fingerprint density at radius 2 is 2.20 bits per heavy atom. The molecule has 0 radical (unpaired) electrons. The Balaban J connectivity index is 2.29. The van der Waals surface area contributed by atoms with Gasteiger partial charge in [-0.1, -0.05) is 12.8 Å². The van der Waals surface area contributed by atoms with E-state index in [0.29, 0.717) is 17.4 Å². The first-order chi connectivity index (χ1) is 7.35. The largest absolute Gasteiger partial charge is 0.493 e. The SMILES string of the molecule is COc1cnc(C2CCCC2)nc1C=O. The molecule has 4 heteroatoms. The van der Waals surface area contributed by atoms with Crippen LogP contribution < -0.4 is 4.74 Å². The van der Waals surface area contributed by atoms with Crippen molar-refractivity contribution in [3.05, 3.63) is 17.7 Å². The normalized spacial score (nSPS) is 16.6. The van der Waals surface area contributed by atoms with Gasteiger partial charge in [-0.2, -0.15) is 0 Å². The average molecular weight is 206 g/mol. The fourth-order valence-electron chi connectivity index (χ4n) is 2.02. The molecule has 2 rings (SSSR count). The number of hydrogen-bond donors (Lipinski definition) is 0. The maximum atomic E-state index is 10.8. The van der Waals surface area contributed by atoms with Crippen LogP contribution in [0.25, 0.3) is 0 Å². The maximum Gasteiger partial charge on any atom is 0.172 e. The van der Waals surface area contributed by atoms with Crippen LogP contribution in [0.4, 0.5) is 0 Å². The zero-order chi connectivity index (χ0) is 10.7. The van der Waals surface area contributed by atoms with Crippen LogP contribution in [0.2, 0.25) is 0 Å². The summed E-state index contributed by atoms with van der Waals surface area (Å²) >= 11 is 0. The lowest BCUT2D eigenvalue weighted by atomic mass is 10.1. The Morgan fingerprint density at radius 3 is 2.80 bits per heavy atom. The Labute approximate surface area is 88.7 Å². The number of methoxy groups -OCH3 is 1. The number of aldehydes is 1. The molecule has 0 aromatic carbocycles. The number of carbonyl (C=O) groups excluding carboxylic acids is 1. The van der Waals surface area contributed by atoms with Gasteiger partial charge in [-0.3, -0.25) is 4.79 Å². The molecule has 0 atom stereocenters. The molecule has 1 aromatic rings. The van der Waals surface area contributed by atoms with Crippen LogP contribution in [-0.2, 0) is 0 Å². The van der Waals surface area contributed by atoms with E-state index in [0.717, 1.165) is 25.0 Å². The Bertz CT molecular complexity index is 360. The second-order valence-corrected chi connectivity index (χ2v) is 3.78. The molecule has 0 aliphatic heterocycles. The molecule has 0 spiro atoms. The molecule has 1 aromatic heterocycles. The van der Waals surface area contributed by atoms with Gasteiger partial charge >= 0.3 is 0 Å². The van der Waals surface area contributed by atoms with Crippen molar-refractivity contribution in [3.63, 3.8) is 0 Å². The van der Waals surface area contributed by atoms with Crippen molar-refractivity contribution >= 4 is 6.29 Å². The van der Waals surface area contributed by atoms with Crippen LogP contribution in [0.3, 0.4) is 0 Å². The van der Waals surface area contributed by atoms with Crippen molar-refractivity contribution in [2.75, 3.05) is 7.11 Å². The molecular weight excluding hydrogens is 192 g/mol. The third-order valence-corrected chi connectivity index (χ3v) is 2.85. The summed E-state index contributed by atoms with van der Waals surface area (Å²) in [6, 6.07) is 0. The van der Waals surface area contributed by atoms with Gasteiger partial charge in [0.25, 0.3) is 0 Å². The molecule has 1 aliphatic carbocycles. The summed E-state index contributed by atoms with van der Waals surface area (Å²) in [5, 5.41) is 0. The summed E-state index contributed by atoms with van der Waals surface area (Å²) in [5.41, 5.74) is 0.356. The third kappa shape index (κ3) is 1.98. The molecule has 1 aliphatic rings. The lowest BCUT2D eigenvalue weighted by Gasteiger charge is -2.09. The topological polar surface area (TPSA) is 52.1 Å². The van der Waals surface area contributed by atoms with Gasteiger partial charge in [-0.25, -0.2) is 9.97 Å². The van der Waals surface area contributed by atoms with Crippen molar-refractivity contribution in [3.8, 4) is 5.75 Å². The van der Waals surface area contributed by atoms with Gasteiger partial charge in [0, 0.05) is 5.92 Å². The molecule has 0 N–H and O–H groups in total. The van der Waals surface area contributed by atoms with E-state index in [4.69, 9.17) is 4.74 Å². The van der Waals surface area contributed by atoms with E-state index < -0.39 is 0 Å². The molecule has 15 heavy (non-hydrogen) atoms. The molecule has 80 valence electrons. The summed E-state index contributed by atoms with van der Waals surface area (Å²) in [5.74, 6) is 1.66. The Morgan fingerprint density at radius 1 is 1.47 bits per heavy atom. The summed E-state index contributed by atoms with van der Waals surface area (Å²) in [4.78, 5) is 19.3. The van der Waals surface area contributed by atoms with E-state index in [9.17, 15) is 4.79 Å². The van der Waals surface area contributed by atoms with E-state index >= 15 is 0 Å². The maximum absolute atomic E-state index is 10.8. The molecule has 0 unspecified atom stereocenters. The fraction of sp³-hybridized carbons (Fsp3) is 0.545. The fourth-order valence-corrected chi connectivity index (χ4v) is 2.02. The molecular formula is C11H14N2O2. The van der Waals surface area contributed by atoms with Crippen molar-refractivity contribution in [1.29, 1.82) is 0 Å². The van der Waals surface area contributed by atoms with Crippen molar-refractivity contribution < 1.29 is 9.53 Å². The zero-order valence-electron chi connectivity index (χ0n) is 8.77. The van der Waals surface area contributed by atoms with Gasteiger partial charge in [0.15, 0.2) is 12.0 Å². The van der Waals surface area contributed by atoms with E-state index in [2.05, 4.69) is 9.97 Å². The lowest BCUT2D eigenvalue weighted by molar-refractivity contribution is 0.111.